The van der Waals surface area contributed by atoms with Gasteiger partial charge in [-0.15, -0.1) is 0 Å². The van der Waals surface area contributed by atoms with Gasteiger partial charge in [-0.3, -0.25) is 0 Å². The Labute approximate surface area is 161 Å². The minimum Gasteiger partial charge on any atom is -0.462 e. The summed E-state index contributed by atoms with van der Waals surface area (Å²) in [5.74, 6) is 0.455. The third kappa shape index (κ3) is 4.69. The Kier molecular flexibility index (Phi) is 6.87. The Morgan fingerprint density at radius 3 is 2.48 bits per heavy atom. The van der Waals surface area contributed by atoms with Gasteiger partial charge in [-0.1, -0.05) is 24.8 Å². The summed E-state index contributed by atoms with van der Waals surface area (Å²) in [6, 6.07) is 3.10. The summed E-state index contributed by atoms with van der Waals surface area (Å²) in [6.07, 6.45) is 17.0. The molecule has 2 aliphatic carbocycles. The standard InChI is InChI=1S/C24H30F2O/c1-3-5-6-17-7-9-18(10-8-17)19-11-13-20(14-12-19)21-15-16-22(27-4-2)24(26)23(21)25/h3-5,13,15-19H,2,6-12,14H2,1H3/b5-3-. The van der Waals surface area contributed by atoms with Crippen molar-refractivity contribution in [1.82, 2.24) is 0 Å². The maximum atomic E-state index is 14.4. The largest absolute Gasteiger partial charge is 0.462 e. The number of hydrogen-bond acceptors (Lipinski definition) is 1. The van der Waals surface area contributed by atoms with E-state index in [0.29, 0.717) is 11.5 Å². The molecule has 0 amide bonds. The van der Waals surface area contributed by atoms with Crippen LogP contribution in [0.4, 0.5) is 8.78 Å². The fourth-order valence-electron chi connectivity index (χ4n) is 4.71. The van der Waals surface area contributed by atoms with Gasteiger partial charge in [0.25, 0.3) is 0 Å². The Bertz CT molecular complexity index is 711. The van der Waals surface area contributed by atoms with Crippen molar-refractivity contribution in [1.29, 1.82) is 0 Å². The highest BCUT2D eigenvalue weighted by Crippen LogP contribution is 2.42. The van der Waals surface area contributed by atoms with Crippen LogP contribution in [0.5, 0.6) is 5.75 Å². The van der Waals surface area contributed by atoms with E-state index in [4.69, 9.17) is 4.74 Å². The second-order valence-corrected chi connectivity index (χ2v) is 7.87. The summed E-state index contributed by atoms with van der Waals surface area (Å²) >= 11 is 0. The van der Waals surface area contributed by atoms with Crippen LogP contribution in [0.25, 0.3) is 5.57 Å². The molecule has 1 atom stereocenters. The highest BCUT2D eigenvalue weighted by Gasteiger charge is 2.29. The lowest BCUT2D eigenvalue weighted by Gasteiger charge is -2.35. The van der Waals surface area contributed by atoms with E-state index in [9.17, 15) is 8.78 Å². The van der Waals surface area contributed by atoms with Crippen molar-refractivity contribution in [3.05, 3.63) is 60.4 Å². The van der Waals surface area contributed by atoms with Crippen molar-refractivity contribution < 1.29 is 13.5 Å². The lowest BCUT2D eigenvalue weighted by atomic mass is 9.70. The molecule has 0 heterocycles. The van der Waals surface area contributed by atoms with E-state index >= 15 is 0 Å². The lowest BCUT2D eigenvalue weighted by Crippen LogP contribution is -2.23. The third-order valence-corrected chi connectivity index (χ3v) is 6.32. The second-order valence-electron chi connectivity index (χ2n) is 7.87. The number of hydrogen-bond donors (Lipinski definition) is 0. The van der Waals surface area contributed by atoms with Crippen LogP contribution in [-0.4, -0.2) is 0 Å². The molecule has 1 nitrogen and oxygen atoms in total. The zero-order valence-corrected chi connectivity index (χ0v) is 16.2. The van der Waals surface area contributed by atoms with Crippen LogP contribution >= 0.6 is 0 Å². The van der Waals surface area contributed by atoms with Crippen molar-refractivity contribution in [3.8, 4) is 5.75 Å². The first-order valence-electron chi connectivity index (χ1n) is 10.2. The highest BCUT2D eigenvalue weighted by atomic mass is 19.2. The van der Waals surface area contributed by atoms with Crippen LogP contribution in [-0.2, 0) is 0 Å². The topological polar surface area (TPSA) is 9.23 Å². The number of rotatable bonds is 6. The first-order valence-corrected chi connectivity index (χ1v) is 10.2. The number of benzene rings is 1. The second kappa shape index (κ2) is 9.34. The Morgan fingerprint density at radius 2 is 1.85 bits per heavy atom. The van der Waals surface area contributed by atoms with Gasteiger partial charge in [-0.2, -0.15) is 4.39 Å². The maximum absolute atomic E-state index is 14.4. The molecule has 0 N–H and O–H groups in total. The SMILES string of the molecule is C=COc1ccc(C2=CCC(C3CCC(C/C=C\C)CC3)CC2)c(F)c1F. The summed E-state index contributed by atoms with van der Waals surface area (Å²) in [4.78, 5) is 0. The molecule has 146 valence electrons. The molecule has 1 aromatic carbocycles. The molecule has 0 bridgehead atoms. The number of ether oxygens (including phenoxy) is 1. The monoisotopic (exact) mass is 372 g/mol. The fourth-order valence-corrected chi connectivity index (χ4v) is 4.71. The Hall–Kier alpha value is -1.90. The summed E-state index contributed by atoms with van der Waals surface area (Å²) in [6.45, 7) is 5.47. The van der Waals surface area contributed by atoms with Gasteiger partial charge in [0.1, 0.15) is 0 Å². The van der Waals surface area contributed by atoms with E-state index in [0.717, 1.165) is 42.9 Å². The molecule has 1 aromatic rings. The van der Waals surface area contributed by atoms with Crippen LogP contribution in [0.2, 0.25) is 0 Å². The zero-order valence-electron chi connectivity index (χ0n) is 16.2. The summed E-state index contributed by atoms with van der Waals surface area (Å²) in [5, 5.41) is 0. The molecule has 3 heteroatoms. The average Bonchev–Trinajstić information content (AvgIpc) is 2.71. The number of halogens is 2. The fraction of sp³-hybridized carbons (Fsp3) is 0.500. The minimum absolute atomic E-state index is 0.116. The van der Waals surface area contributed by atoms with Gasteiger partial charge in [-0.25, -0.2) is 4.39 Å². The molecule has 0 aromatic heterocycles. The minimum atomic E-state index is -0.935. The maximum Gasteiger partial charge on any atom is 0.201 e. The molecule has 0 spiro atoms. The van der Waals surface area contributed by atoms with Gasteiger partial charge in [0.2, 0.25) is 5.82 Å². The van der Waals surface area contributed by atoms with E-state index in [1.165, 1.54) is 38.2 Å². The van der Waals surface area contributed by atoms with Gasteiger partial charge in [-0.05, 0) is 93.7 Å². The van der Waals surface area contributed by atoms with Gasteiger partial charge in [0.05, 0.1) is 6.26 Å². The van der Waals surface area contributed by atoms with Gasteiger partial charge < -0.3 is 4.74 Å². The van der Waals surface area contributed by atoms with E-state index in [1.54, 1.807) is 6.07 Å². The number of allylic oxidation sites excluding steroid dienone is 4. The van der Waals surface area contributed by atoms with E-state index < -0.39 is 11.6 Å². The molecular weight excluding hydrogens is 342 g/mol. The molecule has 1 unspecified atom stereocenters. The van der Waals surface area contributed by atoms with E-state index in [1.807, 2.05) is 0 Å². The molecule has 1 saturated carbocycles. The molecule has 3 rings (SSSR count). The highest BCUT2D eigenvalue weighted by molar-refractivity contribution is 5.67. The quantitative estimate of drug-likeness (QED) is 0.372. The van der Waals surface area contributed by atoms with Crippen LogP contribution in [0.3, 0.4) is 0 Å². The molecular formula is C24H30F2O. The first kappa shape index (κ1) is 19.9. The molecule has 2 aliphatic rings. The Morgan fingerprint density at radius 1 is 1.07 bits per heavy atom. The summed E-state index contributed by atoms with van der Waals surface area (Å²) < 4.78 is 33.5. The van der Waals surface area contributed by atoms with Crippen LogP contribution in [0, 0.1) is 29.4 Å². The van der Waals surface area contributed by atoms with E-state index in [2.05, 4.69) is 31.7 Å². The van der Waals surface area contributed by atoms with Crippen molar-refractivity contribution >= 4 is 5.57 Å². The van der Waals surface area contributed by atoms with Crippen LogP contribution in [0.1, 0.15) is 63.9 Å². The summed E-state index contributed by atoms with van der Waals surface area (Å²) in [5.41, 5.74) is 1.30. The molecule has 27 heavy (non-hydrogen) atoms. The molecule has 0 radical (unpaired) electrons. The first-order chi connectivity index (χ1) is 13.1. The smallest absolute Gasteiger partial charge is 0.201 e. The van der Waals surface area contributed by atoms with Crippen LogP contribution < -0.4 is 4.74 Å². The predicted octanol–water partition coefficient (Wildman–Crippen LogP) is 7.44. The molecule has 0 aliphatic heterocycles. The zero-order chi connectivity index (χ0) is 19.2. The lowest BCUT2D eigenvalue weighted by molar-refractivity contribution is 0.195. The van der Waals surface area contributed by atoms with Gasteiger partial charge >= 0.3 is 0 Å². The Balaban J connectivity index is 1.61. The van der Waals surface area contributed by atoms with Crippen LogP contribution in [0.15, 0.2) is 43.2 Å². The van der Waals surface area contributed by atoms with Crippen molar-refractivity contribution in [3.63, 3.8) is 0 Å². The third-order valence-electron chi connectivity index (χ3n) is 6.32. The molecule has 1 fully saturated rings. The van der Waals surface area contributed by atoms with Crippen molar-refractivity contribution in [2.75, 3.05) is 0 Å². The predicted molar refractivity (Wildman–Crippen MR) is 107 cm³/mol. The van der Waals surface area contributed by atoms with E-state index in [-0.39, 0.29) is 5.75 Å². The van der Waals surface area contributed by atoms with Gasteiger partial charge in [0.15, 0.2) is 11.6 Å². The summed E-state index contributed by atoms with van der Waals surface area (Å²) in [7, 11) is 0. The van der Waals surface area contributed by atoms with Gasteiger partial charge in [0, 0.05) is 5.56 Å². The molecule has 0 saturated heterocycles. The van der Waals surface area contributed by atoms with Crippen molar-refractivity contribution in [2.24, 2.45) is 17.8 Å². The van der Waals surface area contributed by atoms with Crippen molar-refractivity contribution in [2.45, 2.75) is 58.3 Å². The normalized spacial score (nSPS) is 26.0. The average molecular weight is 372 g/mol.